The van der Waals surface area contributed by atoms with Gasteiger partial charge in [0.15, 0.2) is 0 Å². The molecule has 2 heteroatoms. The highest BCUT2D eigenvalue weighted by atomic mass is 14.6. The summed E-state index contributed by atoms with van der Waals surface area (Å²) in [7, 11) is 0. The number of H-pyrrole nitrogens is 1. The van der Waals surface area contributed by atoms with Crippen LogP contribution in [0.25, 0.3) is 0 Å². The van der Waals surface area contributed by atoms with Crippen molar-refractivity contribution in [2.24, 2.45) is 0 Å². The zero-order valence-electron chi connectivity index (χ0n) is 5.68. The fraction of sp³-hybridized carbons (Fsp3) is 0.286. The van der Waals surface area contributed by atoms with Crippen LogP contribution in [0.15, 0.2) is 18.5 Å². The van der Waals surface area contributed by atoms with E-state index in [1.165, 1.54) is 0 Å². The molecule has 0 saturated heterocycles. The lowest BCUT2D eigenvalue weighted by Gasteiger charge is -1.62. The number of aromatic nitrogens is 1. The SMILES string of the molecule is CC.N#Cc1cc[nH]c1. The van der Waals surface area contributed by atoms with Crippen LogP contribution in [0.5, 0.6) is 0 Å². The first-order valence-corrected chi connectivity index (χ1v) is 2.96. The Hall–Kier alpha value is -1.23. The van der Waals surface area contributed by atoms with Crippen molar-refractivity contribution in [3.63, 3.8) is 0 Å². The number of hydrogen-bond donors (Lipinski definition) is 1. The highest BCUT2D eigenvalue weighted by Gasteiger charge is 1.81. The minimum atomic E-state index is 0.681. The lowest BCUT2D eigenvalue weighted by molar-refractivity contribution is 1.40. The summed E-state index contributed by atoms with van der Waals surface area (Å²) < 4.78 is 0. The van der Waals surface area contributed by atoms with Gasteiger partial charge in [-0.1, -0.05) is 13.8 Å². The van der Waals surface area contributed by atoms with E-state index >= 15 is 0 Å². The Kier molecular flexibility index (Phi) is 4.25. The predicted molar refractivity (Wildman–Crippen MR) is 36.9 cm³/mol. The normalized spacial score (nSPS) is 6.78. The molecule has 0 aromatic carbocycles. The second kappa shape index (κ2) is 4.92. The third-order valence-corrected chi connectivity index (χ3v) is 0.727. The molecule has 0 spiro atoms. The van der Waals surface area contributed by atoms with E-state index in [0.29, 0.717) is 5.56 Å². The predicted octanol–water partition coefficient (Wildman–Crippen LogP) is 1.91. The van der Waals surface area contributed by atoms with Gasteiger partial charge in [-0.2, -0.15) is 5.26 Å². The standard InChI is InChI=1S/C5H4N2.C2H6/c6-3-5-1-2-7-4-5;1-2/h1-2,4,7H;1-2H3. The summed E-state index contributed by atoms with van der Waals surface area (Å²) in [5, 5.41) is 8.16. The molecule has 1 aromatic rings. The lowest BCUT2D eigenvalue weighted by Crippen LogP contribution is -1.56. The van der Waals surface area contributed by atoms with Crippen LogP contribution >= 0.6 is 0 Å². The van der Waals surface area contributed by atoms with Crippen LogP contribution in [0, 0.1) is 11.3 Å². The molecule has 1 rings (SSSR count). The Labute approximate surface area is 55.1 Å². The first kappa shape index (κ1) is 7.77. The minimum Gasteiger partial charge on any atom is -0.366 e. The molecule has 0 amide bonds. The van der Waals surface area contributed by atoms with E-state index in [0.717, 1.165) is 0 Å². The number of rotatable bonds is 0. The van der Waals surface area contributed by atoms with Crippen molar-refractivity contribution in [1.29, 1.82) is 5.26 Å². The van der Waals surface area contributed by atoms with Crippen molar-refractivity contribution in [1.82, 2.24) is 4.98 Å². The van der Waals surface area contributed by atoms with Crippen LogP contribution < -0.4 is 0 Å². The van der Waals surface area contributed by atoms with Crippen LogP contribution in [0.4, 0.5) is 0 Å². The molecule has 9 heavy (non-hydrogen) atoms. The third kappa shape index (κ3) is 2.55. The molecule has 0 fully saturated rings. The van der Waals surface area contributed by atoms with Crippen LogP contribution in [0.2, 0.25) is 0 Å². The molecular formula is C7H10N2. The Morgan fingerprint density at radius 1 is 1.56 bits per heavy atom. The van der Waals surface area contributed by atoms with Gasteiger partial charge in [-0.25, -0.2) is 0 Å². The van der Waals surface area contributed by atoms with Crippen molar-refractivity contribution in [3.8, 4) is 6.07 Å². The van der Waals surface area contributed by atoms with Gasteiger partial charge >= 0.3 is 0 Å². The van der Waals surface area contributed by atoms with Crippen molar-refractivity contribution in [3.05, 3.63) is 24.0 Å². The zero-order valence-corrected chi connectivity index (χ0v) is 5.68. The van der Waals surface area contributed by atoms with Crippen LogP contribution in [-0.4, -0.2) is 4.98 Å². The van der Waals surface area contributed by atoms with Gasteiger partial charge < -0.3 is 4.98 Å². The van der Waals surface area contributed by atoms with Crippen LogP contribution in [-0.2, 0) is 0 Å². The number of aromatic amines is 1. The first-order valence-electron chi connectivity index (χ1n) is 2.96. The van der Waals surface area contributed by atoms with Crippen molar-refractivity contribution < 1.29 is 0 Å². The maximum absolute atomic E-state index is 8.16. The molecule has 1 heterocycles. The molecule has 0 saturated carbocycles. The molecule has 0 aliphatic heterocycles. The Balaban J connectivity index is 0.000000291. The van der Waals surface area contributed by atoms with Crippen LogP contribution in [0.3, 0.4) is 0 Å². The van der Waals surface area contributed by atoms with Crippen molar-refractivity contribution in [2.45, 2.75) is 13.8 Å². The molecule has 0 unspecified atom stereocenters. The van der Waals surface area contributed by atoms with Crippen LogP contribution in [0.1, 0.15) is 19.4 Å². The summed E-state index contributed by atoms with van der Waals surface area (Å²) in [4.78, 5) is 2.76. The molecule has 0 radical (unpaired) electrons. The molecule has 1 N–H and O–H groups in total. The molecular weight excluding hydrogens is 112 g/mol. The molecule has 0 bridgehead atoms. The van der Waals surface area contributed by atoms with Gasteiger partial charge in [0, 0.05) is 12.4 Å². The van der Waals surface area contributed by atoms with Gasteiger partial charge in [0.05, 0.1) is 5.56 Å². The maximum atomic E-state index is 8.16. The lowest BCUT2D eigenvalue weighted by atomic mass is 10.4. The van der Waals surface area contributed by atoms with E-state index in [1.54, 1.807) is 18.5 Å². The average molecular weight is 122 g/mol. The number of nitrogens with one attached hydrogen (secondary N) is 1. The molecule has 0 aliphatic rings. The third-order valence-electron chi connectivity index (χ3n) is 0.727. The van der Waals surface area contributed by atoms with E-state index in [4.69, 9.17) is 5.26 Å². The molecule has 1 aromatic heterocycles. The minimum absolute atomic E-state index is 0.681. The maximum Gasteiger partial charge on any atom is 0.101 e. The summed E-state index contributed by atoms with van der Waals surface area (Å²) in [6.45, 7) is 4.00. The van der Waals surface area contributed by atoms with Gasteiger partial charge in [0.2, 0.25) is 0 Å². The molecule has 0 atom stereocenters. The topological polar surface area (TPSA) is 39.6 Å². The highest BCUT2D eigenvalue weighted by Crippen LogP contribution is 1.89. The summed E-state index contributed by atoms with van der Waals surface area (Å²) in [6.07, 6.45) is 3.37. The first-order chi connectivity index (χ1) is 4.43. The van der Waals surface area contributed by atoms with Gasteiger partial charge in [-0.3, -0.25) is 0 Å². The van der Waals surface area contributed by atoms with Crippen molar-refractivity contribution >= 4 is 0 Å². The largest absolute Gasteiger partial charge is 0.366 e. The van der Waals surface area contributed by atoms with Crippen molar-refractivity contribution in [2.75, 3.05) is 0 Å². The molecule has 48 valence electrons. The Bertz CT molecular complexity index is 169. The highest BCUT2D eigenvalue weighted by molar-refractivity contribution is 5.23. The smallest absolute Gasteiger partial charge is 0.101 e. The fourth-order valence-electron chi connectivity index (χ4n) is 0.393. The Morgan fingerprint density at radius 3 is 2.44 bits per heavy atom. The zero-order chi connectivity index (χ0) is 7.11. The van der Waals surface area contributed by atoms with Gasteiger partial charge in [0.25, 0.3) is 0 Å². The number of nitriles is 1. The summed E-state index contributed by atoms with van der Waals surface area (Å²) in [5.41, 5.74) is 0.681. The monoisotopic (exact) mass is 122 g/mol. The number of hydrogen-bond acceptors (Lipinski definition) is 1. The Morgan fingerprint density at radius 2 is 2.22 bits per heavy atom. The van der Waals surface area contributed by atoms with Gasteiger partial charge in [-0.15, -0.1) is 0 Å². The second-order valence-corrected chi connectivity index (χ2v) is 1.21. The van der Waals surface area contributed by atoms with E-state index in [9.17, 15) is 0 Å². The van der Waals surface area contributed by atoms with E-state index < -0.39 is 0 Å². The number of nitrogens with zero attached hydrogens (tertiary/aromatic N) is 1. The second-order valence-electron chi connectivity index (χ2n) is 1.21. The molecule has 0 aliphatic carbocycles. The van der Waals surface area contributed by atoms with E-state index in [2.05, 4.69) is 4.98 Å². The summed E-state index contributed by atoms with van der Waals surface area (Å²) in [5.74, 6) is 0. The van der Waals surface area contributed by atoms with E-state index in [1.807, 2.05) is 19.9 Å². The summed E-state index contributed by atoms with van der Waals surface area (Å²) >= 11 is 0. The average Bonchev–Trinajstić information content (AvgIpc) is 2.43. The summed E-state index contributed by atoms with van der Waals surface area (Å²) in [6, 6.07) is 3.70. The van der Waals surface area contributed by atoms with E-state index in [-0.39, 0.29) is 0 Å². The fourth-order valence-corrected chi connectivity index (χ4v) is 0.393. The van der Waals surface area contributed by atoms with Gasteiger partial charge in [-0.05, 0) is 6.07 Å². The molecule has 2 nitrogen and oxygen atoms in total. The van der Waals surface area contributed by atoms with Gasteiger partial charge in [0.1, 0.15) is 6.07 Å². The quantitative estimate of drug-likeness (QED) is 0.561.